The van der Waals surface area contributed by atoms with Crippen LogP contribution in [0.4, 0.5) is 4.39 Å². The van der Waals surface area contributed by atoms with E-state index in [1.165, 1.54) is 0 Å². The molecule has 0 aromatic heterocycles. The fraction of sp³-hybridized carbons (Fsp3) is 1.00. The average Bonchev–Trinajstić information content (AvgIpc) is 2.31. The Hall–Kier alpha value is -0.190. The van der Waals surface area contributed by atoms with Crippen LogP contribution in [0, 0.1) is 0 Å². The van der Waals surface area contributed by atoms with Crippen LogP contribution in [-0.4, -0.2) is 37.4 Å². The summed E-state index contributed by atoms with van der Waals surface area (Å²) in [6, 6.07) is 0.403. The predicted molar refractivity (Wildman–Crippen MR) is 38.1 cm³/mol. The van der Waals surface area contributed by atoms with Gasteiger partial charge in [-0.25, -0.2) is 9.40 Å². The topological polar surface area (TPSA) is 41.3 Å². The van der Waals surface area contributed by atoms with Crippen molar-refractivity contribution >= 4 is 0 Å². The molecule has 10 heavy (non-hydrogen) atoms. The van der Waals surface area contributed by atoms with Crippen molar-refractivity contribution in [1.82, 2.24) is 10.3 Å². The lowest BCUT2D eigenvalue weighted by Gasteiger charge is -2.10. The van der Waals surface area contributed by atoms with E-state index in [1.807, 2.05) is 0 Å². The number of alkyl halides is 1. The van der Waals surface area contributed by atoms with Gasteiger partial charge in [0.25, 0.3) is 0 Å². The highest BCUT2D eigenvalue weighted by Crippen LogP contribution is 2.03. The molecule has 1 fully saturated rings. The van der Waals surface area contributed by atoms with Crippen LogP contribution in [0.3, 0.4) is 0 Å². The van der Waals surface area contributed by atoms with Gasteiger partial charge in [-0.15, -0.1) is 0 Å². The van der Waals surface area contributed by atoms with Crippen LogP contribution >= 0.6 is 0 Å². The largest absolute Gasteiger partial charge is 0.310 e. The third kappa shape index (κ3) is 2.21. The van der Waals surface area contributed by atoms with Gasteiger partial charge in [0, 0.05) is 25.7 Å². The lowest BCUT2D eigenvalue weighted by atomic mass is 10.3. The number of nitrogens with zero attached hydrogens (tertiary/aromatic N) is 1. The van der Waals surface area contributed by atoms with Crippen LogP contribution in [0.25, 0.3) is 0 Å². The zero-order valence-electron chi connectivity index (χ0n) is 6.02. The van der Waals surface area contributed by atoms with E-state index < -0.39 is 0 Å². The van der Waals surface area contributed by atoms with Crippen molar-refractivity contribution in [2.75, 3.05) is 26.3 Å². The molecule has 60 valence electrons. The Bertz CT molecular complexity index is 99.0. The van der Waals surface area contributed by atoms with E-state index >= 15 is 0 Å². The van der Waals surface area contributed by atoms with Gasteiger partial charge < -0.3 is 5.32 Å². The van der Waals surface area contributed by atoms with Crippen LogP contribution in [-0.2, 0) is 0 Å². The first-order valence-electron chi connectivity index (χ1n) is 3.62. The molecule has 3 N–H and O–H groups in total. The minimum absolute atomic E-state index is 0.291. The number of hydrazine groups is 1. The zero-order chi connectivity index (χ0) is 7.40. The molecule has 1 heterocycles. The first-order valence-corrected chi connectivity index (χ1v) is 3.62. The molecule has 1 unspecified atom stereocenters. The summed E-state index contributed by atoms with van der Waals surface area (Å²) in [6.07, 6.45) is 1.04. The quantitative estimate of drug-likeness (QED) is 0.528. The molecule has 1 aliphatic heterocycles. The molecule has 0 bridgehead atoms. The lowest BCUT2D eigenvalue weighted by molar-refractivity contribution is 0.338. The van der Waals surface area contributed by atoms with E-state index in [2.05, 4.69) is 5.32 Å². The Morgan fingerprint density at radius 3 is 3.00 bits per heavy atom. The minimum atomic E-state index is -0.291. The molecular weight excluding hydrogens is 133 g/mol. The lowest BCUT2D eigenvalue weighted by Crippen LogP contribution is -2.36. The molecule has 0 spiro atoms. The van der Waals surface area contributed by atoms with Crippen LogP contribution in [0.15, 0.2) is 0 Å². The van der Waals surface area contributed by atoms with Gasteiger partial charge in [-0.1, -0.05) is 0 Å². The Morgan fingerprint density at radius 1 is 1.70 bits per heavy atom. The summed E-state index contributed by atoms with van der Waals surface area (Å²) in [5, 5.41) is 4.82. The second kappa shape index (κ2) is 3.85. The highest BCUT2D eigenvalue weighted by atomic mass is 19.1. The molecule has 1 rings (SSSR count). The Morgan fingerprint density at radius 2 is 2.50 bits per heavy atom. The number of halogens is 1. The predicted octanol–water partition coefficient (Wildman–Crippen LogP) is -0.507. The molecular formula is C6H14FN3. The Labute approximate surface area is 60.3 Å². The van der Waals surface area contributed by atoms with Gasteiger partial charge in [-0.05, 0) is 6.42 Å². The normalized spacial score (nSPS) is 27.6. The maximum atomic E-state index is 11.6. The van der Waals surface area contributed by atoms with Crippen LogP contribution < -0.4 is 11.2 Å². The number of rotatable bonds is 3. The minimum Gasteiger partial charge on any atom is -0.310 e. The van der Waals surface area contributed by atoms with Crippen molar-refractivity contribution in [1.29, 1.82) is 0 Å². The molecule has 0 aliphatic carbocycles. The van der Waals surface area contributed by atoms with Crippen LogP contribution in [0.1, 0.15) is 6.42 Å². The molecule has 0 aromatic rings. The van der Waals surface area contributed by atoms with Gasteiger partial charge in [0.2, 0.25) is 0 Å². The molecule has 0 radical (unpaired) electrons. The average molecular weight is 147 g/mol. The summed E-state index contributed by atoms with van der Waals surface area (Å²) in [7, 11) is 0. The molecule has 4 heteroatoms. The number of nitrogens with one attached hydrogen (secondary N) is 1. The van der Waals surface area contributed by atoms with E-state index in [4.69, 9.17) is 5.84 Å². The monoisotopic (exact) mass is 147 g/mol. The standard InChI is InChI=1S/C6H14FN3/c7-2-3-9-6-1-4-10(8)5-6/h6,9H,1-5,8H2. The van der Waals surface area contributed by atoms with Crippen LogP contribution in [0.2, 0.25) is 0 Å². The molecule has 0 saturated carbocycles. The van der Waals surface area contributed by atoms with E-state index in [0.29, 0.717) is 12.6 Å². The van der Waals surface area contributed by atoms with Gasteiger partial charge in [0.15, 0.2) is 0 Å². The first-order chi connectivity index (χ1) is 4.83. The number of nitrogens with two attached hydrogens (primary N) is 1. The Kier molecular flexibility index (Phi) is 3.05. The van der Waals surface area contributed by atoms with E-state index in [9.17, 15) is 4.39 Å². The molecule has 0 aromatic carbocycles. The van der Waals surface area contributed by atoms with E-state index in [-0.39, 0.29) is 6.67 Å². The van der Waals surface area contributed by atoms with Crippen molar-refractivity contribution < 1.29 is 4.39 Å². The van der Waals surface area contributed by atoms with Gasteiger partial charge in [0.1, 0.15) is 6.67 Å². The molecule has 1 aliphatic rings. The summed E-state index contributed by atoms with van der Waals surface area (Å²) in [5.41, 5.74) is 0. The van der Waals surface area contributed by atoms with Gasteiger partial charge in [-0.3, -0.25) is 5.84 Å². The zero-order valence-corrected chi connectivity index (χ0v) is 6.02. The summed E-state index contributed by atoms with van der Waals surface area (Å²) in [4.78, 5) is 0. The van der Waals surface area contributed by atoms with Crippen molar-refractivity contribution in [2.45, 2.75) is 12.5 Å². The summed E-state index contributed by atoms with van der Waals surface area (Å²) < 4.78 is 11.6. The second-order valence-corrected chi connectivity index (χ2v) is 2.62. The first kappa shape index (κ1) is 7.91. The number of hydrogen-bond acceptors (Lipinski definition) is 3. The van der Waals surface area contributed by atoms with Crippen molar-refractivity contribution in [3.05, 3.63) is 0 Å². The van der Waals surface area contributed by atoms with Gasteiger partial charge in [0.05, 0.1) is 0 Å². The van der Waals surface area contributed by atoms with E-state index in [0.717, 1.165) is 19.5 Å². The fourth-order valence-electron chi connectivity index (χ4n) is 1.21. The summed E-state index contributed by atoms with van der Waals surface area (Å²) in [5.74, 6) is 5.50. The summed E-state index contributed by atoms with van der Waals surface area (Å²) in [6.45, 7) is 1.93. The SMILES string of the molecule is NN1CCC(NCCF)C1. The maximum Gasteiger partial charge on any atom is 0.102 e. The van der Waals surface area contributed by atoms with Crippen LogP contribution in [0.5, 0.6) is 0 Å². The smallest absolute Gasteiger partial charge is 0.102 e. The van der Waals surface area contributed by atoms with E-state index in [1.54, 1.807) is 5.01 Å². The third-order valence-corrected chi connectivity index (χ3v) is 1.75. The van der Waals surface area contributed by atoms with Crippen molar-refractivity contribution in [3.63, 3.8) is 0 Å². The van der Waals surface area contributed by atoms with Crippen molar-refractivity contribution in [2.24, 2.45) is 5.84 Å². The van der Waals surface area contributed by atoms with Crippen molar-refractivity contribution in [3.8, 4) is 0 Å². The number of hydrogen-bond donors (Lipinski definition) is 2. The molecule has 1 saturated heterocycles. The second-order valence-electron chi connectivity index (χ2n) is 2.62. The highest BCUT2D eigenvalue weighted by molar-refractivity contribution is 4.77. The molecule has 0 amide bonds. The Balaban J connectivity index is 2.06. The maximum absolute atomic E-state index is 11.6. The van der Waals surface area contributed by atoms with Gasteiger partial charge >= 0.3 is 0 Å². The highest BCUT2D eigenvalue weighted by Gasteiger charge is 2.18. The van der Waals surface area contributed by atoms with Gasteiger partial charge in [-0.2, -0.15) is 0 Å². The molecule has 1 atom stereocenters. The third-order valence-electron chi connectivity index (χ3n) is 1.75. The fourth-order valence-corrected chi connectivity index (χ4v) is 1.21. The summed E-state index contributed by atoms with van der Waals surface area (Å²) >= 11 is 0. The molecule has 3 nitrogen and oxygen atoms in total.